The quantitative estimate of drug-likeness (QED) is 0.115. The first-order valence-corrected chi connectivity index (χ1v) is 15.8. The highest BCUT2D eigenvalue weighted by Crippen LogP contribution is 2.30. The van der Waals surface area contributed by atoms with Crippen molar-refractivity contribution in [3.8, 4) is 45.5 Å². The molecule has 0 amide bonds. The number of hydrogen-bond donors (Lipinski definition) is 0. The van der Waals surface area contributed by atoms with E-state index in [-0.39, 0.29) is 24.4 Å². The van der Waals surface area contributed by atoms with Crippen molar-refractivity contribution >= 4 is 0 Å². The molecule has 2 aliphatic heterocycles. The van der Waals surface area contributed by atoms with Gasteiger partial charge in [-0.25, -0.2) is 0 Å². The fourth-order valence-corrected chi connectivity index (χ4v) is 5.10. The number of aromatic nitrogens is 1. The van der Waals surface area contributed by atoms with E-state index in [4.69, 9.17) is 28.4 Å². The lowest BCUT2D eigenvalue weighted by Gasteiger charge is -2.13. The molecule has 4 atom stereocenters. The third-order valence-electron chi connectivity index (χ3n) is 8.15. The molecule has 7 heteroatoms. The fourth-order valence-electron chi connectivity index (χ4n) is 5.10. The number of rotatable bonds is 14. The van der Waals surface area contributed by atoms with Crippen LogP contribution in [0.1, 0.15) is 37.2 Å². The van der Waals surface area contributed by atoms with Gasteiger partial charge in [-0.3, -0.25) is 0 Å². The Balaban J connectivity index is 0.927. The molecular weight excluding hydrogens is 578 g/mol. The van der Waals surface area contributed by atoms with Gasteiger partial charge in [0.2, 0.25) is 11.8 Å². The lowest BCUT2D eigenvalue weighted by atomic mass is 10.0. The van der Waals surface area contributed by atoms with Gasteiger partial charge in [0, 0.05) is 12.1 Å². The van der Waals surface area contributed by atoms with E-state index in [9.17, 15) is 0 Å². The minimum atomic E-state index is 0.0339. The molecule has 0 radical (unpaired) electrons. The first kappa shape index (κ1) is 30.1. The molecule has 234 valence electrons. The Morgan fingerprint density at radius 2 is 0.891 bits per heavy atom. The summed E-state index contributed by atoms with van der Waals surface area (Å²) in [4.78, 5) is 4.55. The van der Waals surface area contributed by atoms with E-state index in [1.165, 1.54) is 0 Å². The van der Waals surface area contributed by atoms with Crippen LogP contribution in [0.4, 0.5) is 0 Å². The number of ether oxygens (including phenoxy) is 6. The predicted molar refractivity (Wildman–Crippen MR) is 176 cm³/mol. The molecule has 3 heterocycles. The van der Waals surface area contributed by atoms with Gasteiger partial charge in [0.05, 0.1) is 38.6 Å². The maximum atomic E-state index is 6.05. The minimum Gasteiger partial charge on any atom is -0.439 e. The van der Waals surface area contributed by atoms with Crippen LogP contribution in [0.15, 0.2) is 115 Å². The summed E-state index contributed by atoms with van der Waals surface area (Å²) in [6.45, 7) is 7.04. The second-order valence-electron chi connectivity index (χ2n) is 11.7. The Hall–Kier alpha value is -4.53. The standard InChI is InChI=1S/C39H37NO6/c1-26(41-22-36-24-43-36)28-6-10-30(11-7-28)32-14-18-34(19-15-32)45-38-4-3-5-39(40-38)46-35-20-16-33(17-21-35)31-12-8-29(9-13-31)27(2)42-23-37-25-44-37/h3-21,26-27,36-37H,22-25H2,1-2H3. The van der Waals surface area contributed by atoms with Crippen LogP contribution in [0, 0.1) is 0 Å². The van der Waals surface area contributed by atoms with E-state index in [1.807, 2.05) is 66.7 Å². The third kappa shape index (κ3) is 8.00. The molecule has 4 aromatic carbocycles. The molecule has 0 saturated carbocycles. The Kier molecular flexibility index (Phi) is 9.08. The maximum Gasteiger partial charge on any atom is 0.222 e. The second kappa shape index (κ2) is 13.8. The molecule has 4 unspecified atom stereocenters. The number of benzene rings is 4. The Labute approximate surface area is 269 Å². The lowest BCUT2D eigenvalue weighted by Crippen LogP contribution is -2.05. The number of hydrogen-bond acceptors (Lipinski definition) is 7. The smallest absolute Gasteiger partial charge is 0.222 e. The van der Waals surface area contributed by atoms with E-state index in [2.05, 4.69) is 67.4 Å². The molecule has 0 aliphatic carbocycles. The zero-order chi connectivity index (χ0) is 31.3. The van der Waals surface area contributed by atoms with E-state index in [0.29, 0.717) is 36.5 Å². The predicted octanol–water partition coefficient (Wildman–Crippen LogP) is 8.95. The van der Waals surface area contributed by atoms with Crippen LogP contribution in [-0.4, -0.2) is 43.6 Å². The monoisotopic (exact) mass is 615 g/mol. The largest absolute Gasteiger partial charge is 0.439 e. The van der Waals surface area contributed by atoms with E-state index >= 15 is 0 Å². The Bertz CT molecular complexity index is 1590. The molecule has 1 aromatic heterocycles. The zero-order valence-corrected chi connectivity index (χ0v) is 26.0. The van der Waals surface area contributed by atoms with Crippen LogP contribution < -0.4 is 9.47 Å². The Morgan fingerprint density at radius 1 is 0.543 bits per heavy atom. The van der Waals surface area contributed by atoms with Crippen LogP contribution in [0.3, 0.4) is 0 Å². The van der Waals surface area contributed by atoms with Gasteiger partial charge in [0.1, 0.15) is 23.7 Å². The summed E-state index contributed by atoms with van der Waals surface area (Å²) in [7, 11) is 0. The van der Waals surface area contributed by atoms with E-state index in [1.54, 1.807) is 0 Å². The van der Waals surface area contributed by atoms with Crippen molar-refractivity contribution in [3.05, 3.63) is 126 Å². The average molecular weight is 616 g/mol. The van der Waals surface area contributed by atoms with Crippen molar-refractivity contribution < 1.29 is 28.4 Å². The third-order valence-corrected chi connectivity index (χ3v) is 8.15. The second-order valence-corrected chi connectivity index (χ2v) is 11.7. The SMILES string of the molecule is CC(OCC1CO1)c1ccc(-c2ccc(Oc3cccc(Oc4ccc(-c5ccc(C(C)OCC6CO6)cc5)cc4)n3)cc2)cc1. The van der Waals surface area contributed by atoms with Crippen LogP contribution in [0.25, 0.3) is 22.3 Å². The van der Waals surface area contributed by atoms with Crippen LogP contribution in [0.5, 0.6) is 23.3 Å². The van der Waals surface area contributed by atoms with Gasteiger partial charge in [-0.05, 0) is 71.5 Å². The van der Waals surface area contributed by atoms with Crippen molar-refractivity contribution in [2.24, 2.45) is 0 Å². The topological polar surface area (TPSA) is 74.9 Å². The van der Waals surface area contributed by atoms with Crippen molar-refractivity contribution in [1.82, 2.24) is 4.98 Å². The Morgan fingerprint density at radius 3 is 1.24 bits per heavy atom. The molecule has 46 heavy (non-hydrogen) atoms. The highest BCUT2D eigenvalue weighted by atomic mass is 16.6. The van der Waals surface area contributed by atoms with Crippen LogP contribution in [-0.2, 0) is 18.9 Å². The summed E-state index contributed by atoms with van der Waals surface area (Å²) in [5.74, 6) is 2.31. The summed E-state index contributed by atoms with van der Waals surface area (Å²) in [6, 6.07) is 38.4. The van der Waals surface area contributed by atoms with Crippen molar-refractivity contribution in [2.45, 2.75) is 38.3 Å². The highest BCUT2D eigenvalue weighted by molar-refractivity contribution is 5.65. The van der Waals surface area contributed by atoms with Gasteiger partial charge in [0.25, 0.3) is 0 Å². The molecular formula is C39H37NO6. The summed E-state index contributed by atoms with van der Waals surface area (Å²) >= 11 is 0. The van der Waals surface area contributed by atoms with Crippen molar-refractivity contribution in [2.75, 3.05) is 26.4 Å². The lowest BCUT2D eigenvalue weighted by molar-refractivity contribution is 0.0539. The minimum absolute atomic E-state index is 0.0339. The summed E-state index contributed by atoms with van der Waals surface area (Å²) in [5, 5.41) is 0. The van der Waals surface area contributed by atoms with Gasteiger partial charge in [-0.15, -0.1) is 0 Å². The summed E-state index contributed by atoms with van der Waals surface area (Å²) in [5.41, 5.74) is 6.76. The normalized spacial score (nSPS) is 18.0. The summed E-state index contributed by atoms with van der Waals surface area (Å²) < 4.78 is 34.3. The first-order chi connectivity index (χ1) is 22.6. The molecule has 7 rings (SSSR count). The van der Waals surface area contributed by atoms with E-state index < -0.39 is 0 Å². The number of nitrogens with zero attached hydrogens (tertiary/aromatic N) is 1. The van der Waals surface area contributed by atoms with Gasteiger partial charge in [0.15, 0.2) is 0 Å². The fraction of sp³-hybridized carbons (Fsp3) is 0.256. The van der Waals surface area contributed by atoms with Gasteiger partial charge in [-0.2, -0.15) is 4.98 Å². The first-order valence-electron chi connectivity index (χ1n) is 15.8. The van der Waals surface area contributed by atoms with Crippen LogP contribution >= 0.6 is 0 Å². The number of epoxide rings is 2. The molecule has 2 fully saturated rings. The van der Waals surface area contributed by atoms with Gasteiger partial charge >= 0.3 is 0 Å². The molecule has 7 nitrogen and oxygen atoms in total. The highest BCUT2D eigenvalue weighted by Gasteiger charge is 2.24. The van der Waals surface area contributed by atoms with Crippen molar-refractivity contribution in [3.63, 3.8) is 0 Å². The molecule has 0 N–H and O–H groups in total. The van der Waals surface area contributed by atoms with Crippen molar-refractivity contribution in [1.29, 1.82) is 0 Å². The van der Waals surface area contributed by atoms with Crippen LogP contribution in [0.2, 0.25) is 0 Å². The molecule has 0 spiro atoms. The summed E-state index contributed by atoms with van der Waals surface area (Å²) in [6.07, 6.45) is 0.602. The average Bonchev–Trinajstić information content (AvgIpc) is 4.04. The molecule has 2 aliphatic rings. The van der Waals surface area contributed by atoms with Gasteiger partial charge < -0.3 is 28.4 Å². The number of pyridine rings is 1. The molecule has 2 saturated heterocycles. The van der Waals surface area contributed by atoms with Gasteiger partial charge in [-0.1, -0.05) is 78.9 Å². The molecule has 5 aromatic rings. The zero-order valence-electron chi connectivity index (χ0n) is 26.0. The van der Waals surface area contributed by atoms with E-state index in [0.717, 1.165) is 46.6 Å². The maximum absolute atomic E-state index is 6.05. The molecule has 0 bridgehead atoms.